The highest BCUT2D eigenvalue weighted by Gasteiger charge is 2.30. The van der Waals surface area contributed by atoms with Gasteiger partial charge in [0, 0.05) is 12.1 Å². The van der Waals surface area contributed by atoms with Gasteiger partial charge in [0.25, 0.3) is 0 Å². The molecule has 0 aliphatic rings. The summed E-state index contributed by atoms with van der Waals surface area (Å²) in [7, 11) is 0. The highest BCUT2D eigenvalue weighted by molar-refractivity contribution is 5.76. The minimum absolute atomic E-state index is 0.119. The number of rotatable bonds is 3. The van der Waals surface area contributed by atoms with Crippen molar-refractivity contribution in [2.45, 2.75) is 12.7 Å². The molecule has 3 aromatic rings. The number of alkyl halides is 3. The fourth-order valence-corrected chi connectivity index (χ4v) is 2.45. The quantitative estimate of drug-likeness (QED) is 0.757. The third kappa shape index (κ3) is 2.98. The van der Waals surface area contributed by atoms with Crippen molar-refractivity contribution in [2.24, 2.45) is 5.73 Å². The molecular formula is C17H14F3N3O. The summed E-state index contributed by atoms with van der Waals surface area (Å²) in [4.78, 5) is 4.25. The van der Waals surface area contributed by atoms with E-state index in [9.17, 15) is 13.2 Å². The van der Waals surface area contributed by atoms with Gasteiger partial charge in [0.2, 0.25) is 0 Å². The Kier molecular flexibility index (Phi) is 4.02. The van der Waals surface area contributed by atoms with Gasteiger partial charge in [-0.05, 0) is 41.5 Å². The molecule has 0 radical (unpaired) electrons. The number of hydrogen-bond acceptors (Lipinski definition) is 4. The molecule has 0 spiro atoms. The topological polar surface area (TPSA) is 78.1 Å². The Balaban J connectivity index is 2.12. The van der Waals surface area contributed by atoms with E-state index < -0.39 is 11.7 Å². The maximum Gasteiger partial charge on any atom is 0.416 e. The van der Waals surface area contributed by atoms with Crippen LogP contribution < -0.4 is 11.5 Å². The second kappa shape index (κ2) is 6.01. The largest absolute Gasteiger partial charge is 0.463 e. The minimum Gasteiger partial charge on any atom is -0.463 e. The van der Waals surface area contributed by atoms with Gasteiger partial charge in [-0.2, -0.15) is 13.2 Å². The predicted octanol–water partition coefficient (Wildman–Crippen LogP) is 4.07. The average Bonchev–Trinajstić information content (AvgIpc) is 3.08. The molecule has 0 aliphatic carbocycles. The molecular weight excluding hydrogens is 319 g/mol. The van der Waals surface area contributed by atoms with Crippen LogP contribution in [0.15, 0.2) is 53.1 Å². The van der Waals surface area contributed by atoms with Gasteiger partial charge in [-0.3, -0.25) is 0 Å². The van der Waals surface area contributed by atoms with Gasteiger partial charge in [-0.15, -0.1) is 0 Å². The van der Waals surface area contributed by atoms with E-state index in [0.717, 1.165) is 12.1 Å². The van der Waals surface area contributed by atoms with Crippen LogP contribution in [0, 0.1) is 0 Å². The van der Waals surface area contributed by atoms with Crippen molar-refractivity contribution in [1.29, 1.82) is 0 Å². The Hall–Kier alpha value is -2.80. The molecule has 7 heteroatoms. The summed E-state index contributed by atoms with van der Waals surface area (Å²) >= 11 is 0. The Morgan fingerprint density at radius 2 is 1.79 bits per heavy atom. The highest BCUT2D eigenvalue weighted by Crippen LogP contribution is 2.34. The molecule has 0 aliphatic heterocycles. The third-order valence-corrected chi connectivity index (χ3v) is 3.66. The number of nitrogen functional groups attached to an aromatic ring is 1. The lowest BCUT2D eigenvalue weighted by molar-refractivity contribution is -0.137. The number of anilines is 1. The average molecular weight is 333 g/mol. The van der Waals surface area contributed by atoms with Crippen LogP contribution in [0.3, 0.4) is 0 Å². The van der Waals surface area contributed by atoms with Crippen molar-refractivity contribution >= 4 is 5.82 Å². The Bertz CT molecular complexity index is 841. The summed E-state index contributed by atoms with van der Waals surface area (Å²) < 4.78 is 43.5. The van der Waals surface area contributed by atoms with Crippen LogP contribution in [-0.4, -0.2) is 4.98 Å². The molecule has 1 aromatic carbocycles. The Morgan fingerprint density at radius 1 is 1.08 bits per heavy atom. The molecule has 124 valence electrons. The second-order valence-corrected chi connectivity index (χ2v) is 5.18. The molecule has 0 saturated heterocycles. The zero-order chi connectivity index (χ0) is 17.3. The number of halogens is 3. The fourth-order valence-electron chi connectivity index (χ4n) is 2.45. The highest BCUT2D eigenvalue weighted by atomic mass is 19.4. The molecule has 0 fully saturated rings. The number of pyridine rings is 1. The van der Waals surface area contributed by atoms with Crippen molar-refractivity contribution in [2.75, 3.05) is 5.73 Å². The van der Waals surface area contributed by atoms with Crippen molar-refractivity contribution in [3.8, 4) is 22.6 Å². The summed E-state index contributed by atoms with van der Waals surface area (Å²) in [5, 5.41) is 0. The van der Waals surface area contributed by atoms with E-state index in [1.54, 1.807) is 18.2 Å². The van der Waals surface area contributed by atoms with Gasteiger partial charge in [-0.1, -0.05) is 12.1 Å². The van der Waals surface area contributed by atoms with E-state index in [1.807, 2.05) is 0 Å². The molecule has 4 N–H and O–H groups in total. The molecule has 0 bridgehead atoms. The lowest BCUT2D eigenvalue weighted by Crippen LogP contribution is -2.07. The molecule has 0 amide bonds. The molecule has 0 unspecified atom stereocenters. The number of nitrogens with two attached hydrogens (primary N) is 2. The molecule has 2 aromatic heterocycles. The monoisotopic (exact) mass is 333 g/mol. The van der Waals surface area contributed by atoms with Crippen molar-refractivity contribution < 1.29 is 17.6 Å². The summed E-state index contributed by atoms with van der Waals surface area (Å²) in [5.41, 5.74) is 13.3. The zero-order valence-corrected chi connectivity index (χ0v) is 12.5. The van der Waals surface area contributed by atoms with E-state index >= 15 is 0 Å². The van der Waals surface area contributed by atoms with E-state index in [-0.39, 0.29) is 12.4 Å². The van der Waals surface area contributed by atoms with Gasteiger partial charge >= 0.3 is 6.18 Å². The smallest absolute Gasteiger partial charge is 0.416 e. The summed E-state index contributed by atoms with van der Waals surface area (Å²) in [6.07, 6.45) is -2.88. The van der Waals surface area contributed by atoms with E-state index in [4.69, 9.17) is 15.9 Å². The van der Waals surface area contributed by atoms with E-state index in [1.165, 1.54) is 18.4 Å². The predicted molar refractivity (Wildman–Crippen MR) is 84.7 cm³/mol. The normalized spacial score (nSPS) is 11.7. The van der Waals surface area contributed by atoms with E-state index in [2.05, 4.69) is 4.98 Å². The van der Waals surface area contributed by atoms with Crippen LogP contribution in [-0.2, 0) is 12.7 Å². The lowest BCUT2D eigenvalue weighted by Gasteiger charge is -2.13. The standard InChI is InChI=1S/C17H14F3N3O/c18-17(19,20)11-5-3-10(4-6-11)12-8-14(15-2-1-7-24-15)23-16(22)13(12)9-21/h1-8H,9,21H2,(H2,22,23). The summed E-state index contributed by atoms with van der Waals surface area (Å²) in [6, 6.07) is 9.98. The number of furan rings is 1. The number of nitrogens with zero attached hydrogens (tertiary/aromatic N) is 1. The Labute approximate surface area is 135 Å². The summed E-state index contributed by atoms with van der Waals surface area (Å²) in [5.74, 6) is 0.736. The van der Waals surface area contributed by atoms with Crippen LogP contribution in [0.25, 0.3) is 22.6 Å². The minimum atomic E-state index is -4.38. The second-order valence-electron chi connectivity index (χ2n) is 5.18. The maximum absolute atomic E-state index is 12.7. The van der Waals surface area contributed by atoms with Crippen LogP contribution in [0.5, 0.6) is 0 Å². The van der Waals surface area contributed by atoms with Crippen LogP contribution in [0.4, 0.5) is 19.0 Å². The van der Waals surface area contributed by atoms with Gasteiger partial charge in [0.1, 0.15) is 11.5 Å². The van der Waals surface area contributed by atoms with Crippen molar-refractivity contribution in [3.63, 3.8) is 0 Å². The molecule has 4 nitrogen and oxygen atoms in total. The number of aromatic nitrogens is 1. The molecule has 3 rings (SSSR count). The van der Waals surface area contributed by atoms with Crippen molar-refractivity contribution in [3.05, 3.63) is 59.9 Å². The number of benzene rings is 1. The van der Waals surface area contributed by atoms with Crippen LogP contribution in [0.2, 0.25) is 0 Å². The van der Waals surface area contributed by atoms with Gasteiger partial charge in [-0.25, -0.2) is 4.98 Å². The summed E-state index contributed by atoms with van der Waals surface area (Å²) in [6.45, 7) is 0.119. The SMILES string of the molecule is NCc1c(-c2ccc(C(F)(F)F)cc2)cc(-c2ccco2)nc1N. The first-order valence-corrected chi connectivity index (χ1v) is 7.11. The molecule has 2 heterocycles. The Morgan fingerprint density at radius 3 is 2.33 bits per heavy atom. The molecule has 0 saturated carbocycles. The molecule has 0 atom stereocenters. The first-order valence-electron chi connectivity index (χ1n) is 7.11. The van der Waals surface area contributed by atoms with Crippen molar-refractivity contribution in [1.82, 2.24) is 4.98 Å². The lowest BCUT2D eigenvalue weighted by atomic mass is 9.98. The first kappa shape index (κ1) is 16.1. The zero-order valence-electron chi connectivity index (χ0n) is 12.5. The molecule has 24 heavy (non-hydrogen) atoms. The third-order valence-electron chi connectivity index (χ3n) is 3.66. The van der Waals surface area contributed by atoms with E-state index in [0.29, 0.717) is 28.1 Å². The first-order chi connectivity index (χ1) is 11.4. The number of hydrogen-bond donors (Lipinski definition) is 2. The van der Waals surface area contributed by atoms with Gasteiger partial charge < -0.3 is 15.9 Å². The van der Waals surface area contributed by atoms with Crippen LogP contribution >= 0.6 is 0 Å². The maximum atomic E-state index is 12.7. The van der Waals surface area contributed by atoms with Gasteiger partial charge in [0.05, 0.1) is 11.8 Å². The fraction of sp³-hybridized carbons (Fsp3) is 0.118. The van der Waals surface area contributed by atoms with Crippen LogP contribution in [0.1, 0.15) is 11.1 Å². The van der Waals surface area contributed by atoms with Gasteiger partial charge in [0.15, 0.2) is 5.76 Å².